The molecule has 1 aliphatic rings. The molecule has 1 aliphatic heterocycles. The molecule has 0 aliphatic carbocycles. The molecule has 0 aromatic heterocycles. The first-order valence-electron chi connectivity index (χ1n) is 5.47. The summed E-state index contributed by atoms with van der Waals surface area (Å²) in [5, 5.41) is 2.51. The van der Waals surface area contributed by atoms with Crippen LogP contribution in [-0.2, 0) is 14.4 Å². The second kappa shape index (κ2) is 5.21. The van der Waals surface area contributed by atoms with Crippen LogP contribution in [0.2, 0.25) is 0 Å². The molecule has 1 N–H and O–H groups in total. The van der Waals surface area contributed by atoms with Crippen LogP contribution in [0, 0.1) is 5.92 Å². The normalized spacial score (nSPS) is 22.2. The Hall–Kier alpha value is -1.23. The Bertz CT molecular complexity index is 312. The van der Waals surface area contributed by atoms with Gasteiger partial charge in [0.25, 0.3) is 5.91 Å². The van der Waals surface area contributed by atoms with Crippen molar-refractivity contribution in [2.24, 2.45) is 5.92 Å². The van der Waals surface area contributed by atoms with Crippen LogP contribution >= 0.6 is 0 Å². The lowest BCUT2D eigenvalue weighted by Gasteiger charge is -2.28. The number of carbonyl (C=O) groups is 3. The first kappa shape index (κ1) is 12.8. The van der Waals surface area contributed by atoms with Gasteiger partial charge >= 0.3 is 0 Å². The van der Waals surface area contributed by atoms with Gasteiger partial charge in [-0.3, -0.25) is 19.3 Å². The largest absolute Gasteiger partial charge is 0.340 e. The molecule has 1 saturated heterocycles. The predicted octanol–water partition coefficient (Wildman–Crippen LogP) is -0.399. The molecule has 5 nitrogen and oxygen atoms in total. The third kappa shape index (κ3) is 3.13. The molecular weight excluding hydrogens is 208 g/mol. The second-order valence-corrected chi connectivity index (χ2v) is 4.54. The average molecular weight is 226 g/mol. The van der Waals surface area contributed by atoms with Gasteiger partial charge in [0.05, 0.1) is 12.6 Å². The monoisotopic (exact) mass is 226 g/mol. The fourth-order valence-corrected chi connectivity index (χ4v) is 1.61. The maximum absolute atomic E-state index is 11.6. The van der Waals surface area contributed by atoms with E-state index in [1.807, 2.05) is 11.9 Å². The van der Waals surface area contributed by atoms with Crippen LogP contribution in [0.15, 0.2) is 0 Å². The van der Waals surface area contributed by atoms with Gasteiger partial charge in [0.1, 0.15) is 0 Å². The van der Waals surface area contributed by atoms with Gasteiger partial charge in [-0.15, -0.1) is 0 Å². The van der Waals surface area contributed by atoms with E-state index in [4.69, 9.17) is 0 Å². The summed E-state index contributed by atoms with van der Waals surface area (Å²) in [5.41, 5.74) is 0. The van der Waals surface area contributed by atoms with Crippen LogP contribution in [0.5, 0.6) is 0 Å². The maximum atomic E-state index is 11.6. The number of amides is 1. The summed E-state index contributed by atoms with van der Waals surface area (Å²) in [6.07, 6.45) is 0.576. The van der Waals surface area contributed by atoms with Crippen LogP contribution in [0.1, 0.15) is 20.3 Å². The summed E-state index contributed by atoms with van der Waals surface area (Å²) in [6.45, 7) is 4.42. The van der Waals surface area contributed by atoms with Gasteiger partial charge in [-0.05, 0) is 13.5 Å². The number of hydrogen-bond acceptors (Lipinski definition) is 4. The molecule has 0 aromatic carbocycles. The fraction of sp³-hybridized carbons (Fsp3) is 0.727. The Balaban J connectivity index is 2.52. The van der Waals surface area contributed by atoms with Gasteiger partial charge in [-0.2, -0.15) is 0 Å². The quantitative estimate of drug-likeness (QED) is 0.665. The molecule has 0 radical (unpaired) electrons. The van der Waals surface area contributed by atoms with Crippen LogP contribution in [0.3, 0.4) is 0 Å². The highest BCUT2D eigenvalue weighted by atomic mass is 16.2. The standard InChI is InChI=1S/C11H18N2O3/c1-7(2)10(15)11(16)12-8-4-5-13(3)6-9(8)14/h7-8H,4-6H2,1-3H3,(H,12,16). The van der Waals surface area contributed by atoms with Crippen molar-refractivity contribution in [1.82, 2.24) is 10.2 Å². The summed E-state index contributed by atoms with van der Waals surface area (Å²) in [7, 11) is 1.86. The van der Waals surface area contributed by atoms with E-state index in [1.54, 1.807) is 13.8 Å². The third-order valence-electron chi connectivity index (χ3n) is 2.67. The maximum Gasteiger partial charge on any atom is 0.288 e. The number of likely N-dealkylation sites (tertiary alicyclic amines) is 1. The minimum atomic E-state index is -0.641. The molecule has 0 saturated carbocycles. The van der Waals surface area contributed by atoms with E-state index < -0.39 is 17.7 Å². The molecule has 0 bridgehead atoms. The lowest BCUT2D eigenvalue weighted by atomic mass is 10.0. The number of nitrogens with zero attached hydrogens (tertiary/aromatic N) is 1. The minimum Gasteiger partial charge on any atom is -0.340 e. The van der Waals surface area contributed by atoms with Crippen molar-refractivity contribution in [3.05, 3.63) is 0 Å². The van der Waals surface area contributed by atoms with Gasteiger partial charge in [0.15, 0.2) is 5.78 Å². The Morgan fingerprint density at radius 3 is 2.56 bits per heavy atom. The van der Waals surface area contributed by atoms with Gasteiger partial charge in [0, 0.05) is 12.5 Å². The molecule has 1 rings (SSSR count). The van der Waals surface area contributed by atoms with Crippen molar-refractivity contribution in [2.75, 3.05) is 20.1 Å². The lowest BCUT2D eigenvalue weighted by Crippen LogP contribution is -2.52. The van der Waals surface area contributed by atoms with Gasteiger partial charge < -0.3 is 5.32 Å². The molecule has 0 aromatic rings. The van der Waals surface area contributed by atoms with E-state index >= 15 is 0 Å². The average Bonchev–Trinajstić information content (AvgIpc) is 2.20. The highest BCUT2D eigenvalue weighted by Crippen LogP contribution is 2.05. The van der Waals surface area contributed by atoms with Crippen molar-refractivity contribution in [2.45, 2.75) is 26.3 Å². The zero-order valence-electron chi connectivity index (χ0n) is 9.95. The Labute approximate surface area is 95.2 Å². The van der Waals surface area contributed by atoms with Gasteiger partial charge in [0.2, 0.25) is 5.78 Å². The van der Waals surface area contributed by atoms with E-state index in [1.165, 1.54) is 0 Å². The Kier molecular flexibility index (Phi) is 4.18. The molecule has 0 spiro atoms. The zero-order chi connectivity index (χ0) is 12.3. The third-order valence-corrected chi connectivity index (χ3v) is 2.67. The SMILES string of the molecule is CC(C)C(=O)C(=O)NC1CCN(C)CC1=O. The smallest absolute Gasteiger partial charge is 0.288 e. The lowest BCUT2D eigenvalue weighted by molar-refractivity contribution is -0.141. The van der Waals surface area contributed by atoms with Crippen LogP contribution < -0.4 is 5.32 Å². The van der Waals surface area contributed by atoms with E-state index in [-0.39, 0.29) is 11.7 Å². The Morgan fingerprint density at radius 2 is 2.06 bits per heavy atom. The van der Waals surface area contributed by atoms with E-state index in [0.717, 1.165) is 6.54 Å². The fourth-order valence-electron chi connectivity index (χ4n) is 1.61. The topological polar surface area (TPSA) is 66.5 Å². The number of carbonyl (C=O) groups excluding carboxylic acids is 3. The highest BCUT2D eigenvalue weighted by molar-refractivity contribution is 6.37. The second-order valence-electron chi connectivity index (χ2n) is 4.54. The summed E-state index contributed by atoms with van der Waals surface area (Å²) < 4.78 is 0. The molecule has 1 fully saturated rings. The first-order valence-corrected chi connectivity index (χ1v) is 5.47. The predicted molar refractivity (Wildman–Crippen MR) is 58.9 cm³/mol. The molecule has 16 heavy (non-hydrogen) atoms. The molecule has 1 atom stereocenters. The van der Waals surface area contributed by atoms with Crippen molar-refractivity contribution in [3.63, 3.8) is 0 Å². The number of ketones is 2. The van der Waals surface area contributed by atoms with Crippen LogP contribution in [0.25, 0.3) is 0 Å². The number of rotatable bonds is 3. The molecule has 1 unspecified atom stereocenters. The zero-order valence-corrected chi connectivity index (χ0v) is 9.95. The van der Waals surface area contributed by atoms with E-state index in [0.29, 0.717) is 13.0 Å². The molecule has 5 heteroatoms. The first-order chi connectivity index (χ1) is 7.41. The summed E-state index contributed by atoms with van der Waals surface area (Å²) in [6, 6.07) is -0.494. The van der Waals surface area contributed by atoms with Gasteiger partial charge in [-0.25, -0.2) is 0 Å². The number of hydrogen-bond donors (Lipinski definition) is 1. The van der Waals surface area contributed by atoms with Crippen molar-refractivity contribution in [1.29, 1.82) is 0 Å². The summed E-state index contributed by atoms with van der Waals surface area (Å²) >= 11 is 0. The van der Waals surface area contributed by atoms with E-state index in [2.05, 4.69) is 5.32 Å². The molecule has 90 valence electrons. The highest BCUT2D eigenvalue weighted by Gasteiger charge is 2.28. The van der Waals surface area contributed by atoms with Crippen LogP contribution in [-0.4, -0.2) is 48.6 Å². The molecule has 1 heterocycles. The van der Waals surface area contributed by atoms with Crippen LogP contribution in [0.4, 0.5) is 0 Å². The Morgan fingerprint density at radius 1 is 1.44 bits per heavy atom. The summed E-state index contributed by atoms with van der Waals surface area (Å²) in [5.74, 6) is -1.47. The molecular formula is C11H18N2O3. The van der Waals surface area contributed by atoms with Gasteiger partial charge in [-0.1, -0.05) is 13.8 Å². The van der Waals surface area contributed by atoms with E-state index in [9.17, 15) is 14.4 Å². The summed E-state index contributed by atoms with van der Waals surface area (Å²) in [4.78, 5) is 36.3. The minimum absolute atomic E-state index is 0.0290. The van der Waals surface area contributed by atoms with Crippen molar-refractivity contribution in [3.8, 4) is 0 Å². The molecule has 1 amide bonds. The number of nitrogens with one attached hydrogen (secondary N) is 1. The number of likely N-dealkylation sites (N-methyl/N-ethyl adjacent to an activating group) is 1. The van der Waals surface area contributed by atoms with Crippen molar-refractivity contribution >= 4 is 17.5 Å². The number of Topliss-reactive ketones (excluding diaryl/α,β-unsaturated/α-hetero) is 2. The van der Waals surface area contributed by atoms with Crippen molar-refractivity contribution < 1.29 is 14.4 Å². The number of piperidine rings is 1.